The Labute approximate surface area is 139 Å². The number of anilines is 1. The number of halogens is 1. The van der Waals surface area contributed by atoms with Crippen molar-refractivity contribution < 1.29 is 9.53 Å². The number of hydrogen-bond acceptors (Lipinski definition) is 4. The van der Waals surface area contributed by atoms with Gasteiger partial charge in [0.15, 0.2) is 0 Å². The fourth-order valence-corrected chi connectivity index (χ4v) is 3.45. The Balaban J connectivity index is 2.14. The monoisotopic (exact) mass is 377 g/mol. The number of nitrogens with one attached hydrogen (secondary N) is 1. The van der Waals surface area contributed by atoms with Crippen LogP contribution in [0.25, 0.3) is 10.9 Å². The van der Waals surface area contributed by atoms with Crippen molar-refractivity contribution in [1.82, 2.24) is 4.98 Å². The summed E-state index contributed by atoms with van der Waals surface area (Å²) in [6.45, 7) is 0. The molecule has 0 aliphatic heterocycles. The highest BCUT2D eigenvalue weighted by atomic mass is 79.9. The number of carbonyl (C=O) groups is 1. The Hall–Kier alpha value is -2.12. The summed E-state index contributed by atoms with van der Waals surface area (Å²) in [6.07, 6.45) is -0.867. The number of nitrogen functional groups attached to an aromatic ring is 1. The first-order chi connectivity index (χ1) is 10.5. The number of nitrogens with two attached hydrogens (primary N) is 2. The number of amides is 1. The number of primary amides is 1. The minimum Gasteiger partial charge on any atom is -0.398 e. The molecule has 22 heavy (non-hydrogen) atoms. The fourth-order valence-electron chi connectivity index (χ4n) is 2.07. The SMILES string of the molecule is NC(=O)Oc1[nH]c2ccc(Br)cc2c1Sc1ccccc1N. The van der Waals surface area contributed by atoms with Gasteiger partial charge in [-0.1, -0.05) is 39.8 Å². The topological polar surface area (TPSA) is 94.1 Å². The molecule has 0 aliphatic rings. The molecule has 0 spiro atoms. The summed E-state index contributed by atoms with van der Waals surface area (Å²) in [7, 11) is 0. The lowest BCUT2D eigenvalue weighted by Gasteiger charge is -2.06. The predicted molar refractivity (Wildman–Crippen MR) is 91.2 cm³/mol. The number of hydrogen-bond donors (Lipinski definition) is 3. The molecule has 0 atom stereocenters. The second-order valence-electron chi connectivity index (χ2n) is 4.53. The average molecular weight is 378 g/mol. The van der Waals surface area contributed by atoms with Gasteiger partial charge >= 0.3 is 6.09 Å². The van der Waals surface area contributed by atoms with E-state index in [4.69, 9.17) is 16.2 Å². The minimum absolute atomic E-state index is 0.314. The van der Waals surface area contributed by atoms with Crippen LogP contribution in [0.15, 0.2) is 56.7 Å². The van der Waals surface area contributed by atoms with E-state index in [0.717, 1.165) is 25.2 Å². The number of carbonyl (C=O) groups excluding carboxylic acids is 1. The highest BCUT2D eigenvalue weighted by Gasteiger charge is 2.17. The molecule has 0 fully saturated rings. The van der Waals surface area contributed by atoms with Crippen LogP contribution in [0.1, 0.15) is 0 Å². The smallest absolute Gasteiger partial charge is 0.398 e. The van der Waals surface area contributed by atoms with Crippen molar-refractivity contribution in [3.8, 4) is 5.88 Å². The second kappa shape index (κ2) is 5.94. The molecule has 5 nitrogen and oxygen atoms in total. The zero-order valence-corrected chi connectivity index (χ0v) is 13.7. The maximum atomic E-state index is 11.1. The third-order valence-corrected chi connectivity index (χ3v) is 4.71. The van der Waals surface area contributed by atoms with Crippen LogP contribution < -0.4 is 16.2 Å². The van der Waals surface area contributed by atoms with Crippen molar-refractivity contribution in [2.45, 2.75) is 9.79 Å². The lowest BCUT2D eigenvalue weighted by molar-refractivity contribution is 0.208. The summed E-state index contributed by atoms with van der Waals surface area (Å²) in [6, 6.07) is 13.2. The zero-order valence-electron chi connectivity index (χ0n) is 11.3. The van der Waals surface area contributed by atoms with Crippen molar-refractivity contribution >= 4 is 50.4 Å². The summed E-state index contributed by atoms with van der Waals surface area (Å²) in [5.41, 5.74) is 12.6. The standard InChI is InChI=1S/C15H12BrN3O2S/c16-8-5-6-11-9(7-8)13(14(19-11)21-15(18)20)22-12-4-2-1-3-10(12)17/h1-7,19H,17H2,(H2,18,20). The number of H-pyrrole nitrogens is 1. The highest BCUT2D eigenvalue weighted by molar-refractivity contribution is 9.10. The number of benzene rings is 2. The van der Waals surface area contributed by atoms with E-state index in [1.54, 1.807) is 0 Å². The largest absolute Gasteiger partial charge is 0.411 e. The number of rotatable bonds is 3. The summed E-state index contributed by atoms with van der Waals surface area (Å²) < 4.78 is 6.01. The molecule has 0 saturated heterocycles. The molecule has 1 aromatic heterocycles. The van der Waals surface area contributed by atoms with Gasteiger partial charge in [-0.15, -0.1) is 0 Å². The van der Waals surface area contributed by atoms with Gasteiger partial charge in [-0.25, -0.2) is 4.79 Å². The van der Waals surface area contributed by atoms with E-state index in [2.05, 4.69) is 20.9 Å². The highest BCUT2D eigenvalue weighted by Crippen LogP contribution is 2.43. The molecule has 5 N–H and O–H groups in total. The Morgan fingerprint density at radius 2 is 2.00 bits per heavy atom. The van der Waals surface area contributed by atoms with Crippen LogP contribution in [-0.4, -0.2) is 11.1 Å². The van der Waals surface area contributed by atoms with Crippen LogP contribution in [0.2, 0.25) is 0 Å². The Bertz CT molecular complexity index is 863. The minimum atomic E-state index is -0.867. The zero-order chi connectivity index (χ0) is 15.7. The maximum absolute atomic E-state index is 11.1. The quantitative estimate of drug-likeness (QED) is 0.598. The van der Waals surface area contributed by atoms with Gasteiger partial charge in [0.2, 0.25) is 5.88 Å². The molecule has 3 aromatic rings. The number of para-hydroxylation sites is 1. The summed E-state index contributed by atoms with van der Waals surface area (Å²) in [4.78, 5) is 15.8. The number of ether oxygens (including phenoxy) is 1. The average Bonchev–Trinajstić information content (AvgIpc) is 2.78. The summed E-state index contributed by atoms with van der Waals surface area (Å²) in [5.74, 6) is 0.314. The summed E-state index contributed by atoms with van der Waals surface area (Å²) in [5, 5.41) is 0.916. The Morgan fingerprint density at radius 1 is 1.23 bits per heavy atom. The van der Waals surface area contributed by atoms with Gasteiger partial charge < -0.3 is 21.2 Å². The van der Waals surface area contributed by atoms with E-state index < -0.39 is 6.09 Å². The lowest BCUT2D eigenvalue weighted by atomic mass is 10.2. The van der Waals surface area contributed by atoms with E-state index in [1.165, 1.54) is 11.8 Å². The van der Waals surface area contributed by atoms with Gasteiger partial charge in [0, 0.05) is 26.0 Å². The van der Waals surface area contributed by atoms with Gasteiger partial charge in [-0.05, 0) is 30.3 Å². The molecule has 112 valence electrons. The first-order valence-corrected chi connectivity index (χ1v) is 7.96. The van der Waals surface area contributed by atoms with E-state index in [-0.39, 0.29) is 0 Å². The fraction of sp³-hybridized carbons (Fsp3) is 0. The molecule has 0 saturated carbocycles. The van der Waals surface area contributed by atoms with E-state index in [9.17, 15) is 4.79 Å². The van der Waals surface area contributed by atoms with Crippen molar-refractivity contribution in [1.29, 1.82) is 0 Å². The van der Waals surface area contributed by atoms with Crippen molar-refractivity contribution in [2.24, 2.45) is 5.73 Å². The van der Waals surface area contributed by atoms with Crippen LogP contribution in [0.4, 0.5) is 10.5 Å². The van der Waals surface area contributed by atoms with E-state index in [1.807, 2.05) is 42.5 Å². The van der Waals surface area contributed by atoms with Gasteiger partial charge in [0.05, 0.1) is 4.90 Å². The molecule has 3 rings (SSSR count). The summed E-state index contributed by atoms with van der Waals surface area (Å²) >= 11 is 4.86. The van der Waals surface area contributed by atoms with Crippen LogP contribution in [0.3, 0.4) is 0 Å². The third kappa shape index (κ3) is 2.90. The van der Waals surface area contributed by atoms with Crippen molar-refractivity contribution in [3.05, 3.63) is 46.9 Å². The van der Waals surface area contributed by atoms with E-state index in [0.29, 0.717) is 11.6 Å². The molecule has 0 unspecified atom stereocenters. The predicted octanol–water partition coefficient (Wildman–Crippen LogP) is 4.12. The molecule has 1 heterocycles. The van der Waals surface area contributed by atoms with Gasteiger partial charge in [0.25, 0.3) is 0 Å². The lowest BCUT2D eigenvalue weighted by Crippen LogP contribution is -2.16. The van der Waals surface area contributed by atoms with Gasteiger partial charge in [0.1, 0.15) is 0 Å². The number of aromatic nitrogens is 1. The Morgan fingerprint density at radius 3 is 2.73 bits per heavy atom. The molecule has 7 heteroatoms. The molecule has 0 radical (unpaired) electrons. The first kappa shape index (κ1) is 14.8. The van der Waals surface area contributed by atoms with Crippen LogP contribution >= 0.6 is 27.7 Å². The van der Waals surface area contributed by atoms with Gasteiger partial charge in [-0.3, -0.25) is 0 Å². The molecule has 1 amide bonds. The maximum Gasteiger partial charge on any atom is 0.411 e. The van der Waals surface area contributed by atoms with Crippen molar-refractivity contribution in [3.63, 3.8) is 0 Å². The molecular formula is C15H12BrN3O2S. The van der Waals surface area contributed by atoms with Crippen LogP contribution in [-0.2, 0) is 0 Å². The van der Waals surface area contributed by atoms with Crippen molar-refractivity contribution in [2.75, 3.05) is 5.73 Å². The second-order valence-corrected chi connectivity index (χ2v) is 6.50. The van der Waals surface area contributed by atoms with Gasteiger partial charge in [-0.2, -0.15) is 0 Å². The molecule has 0 aliphatic carbocycles. The Kier molecular flexibility index (Phi) is 4.00. The van der Waals surface area contributed by atoms with Crippen LogP contribution in [0.5, 0.6) is 5.88 Å². The third-order valence-electron chi connectivity index (χ3n) is 3.01. The van der Waals surface area contributed by atoms with Crippen LogP contribution in [0, 0.1) is 0 Å². The van der Waals surface area contributed by atoms with E-state index >= 15 is 0 Å². The number of fused-ring (bicyclic) bond motifs is 1. The first-order valence-electron chi connectivity index (χ1n) is 6.35. The molecule has 0 bridgehead atoms. The number of aromatic amines is 1. The molecule has 2 aromatic carbocycles. The normalized spacial score (nSPS) is 10.8. The molecular weight excluding hydrogens is 366 g/mol.